The van der Waals surface area contributed by atoms with Crippen LogP contribution in [0.5, 0.6) is 5.75 Å². The zero-order valence-electron chi connectivity index (χ0n) is 18.8. The molecule has 2 heterocycles. The fraction of sp³-hybridized carbons (Fsp3) is 0.148. The third-order valence-electron chi connectivity index (χ3n) is 5.36. The quantitative estimate of drug-likeness (QED) is 0.381. The second kappa shape index (κ2) is 11.2. The van der Waals surface area contributed by atoms with Crippen LogP contribution in [-0.4, -0.2) is 23.9 Å². The topological polar surface area (TPSA) is 71.5 Å². The molecule has 0 saturated carbocycles. The normalized spacial score (nSPS) is 11.4. The summed E-state index contributed by atoms with van der Waals surface area (Å²) in [5, 5.41) is 4.95. The summed E-state index contributed by atoms with van der Waals surface area (Å²) in [6.07, 6.45) is 3.47. The fourth-order valence-corrected chi connectivity index (χ4v) is 4.36. The van der Waals surface area contributed by atoms with Gasteiger partial charge < -0.3 is 10.1 Å². The van der Waals surface area contributed by atoms with Crippen LogP contribution >= 0.6 is 11.3 Å². The van der Waals surface area contributed by atoms with Crippen LogP contribution in [0.1, 0.15) is 22.0 Å². The monoisotopic (exact) mass is 471 g/mol. The molecule has 4 aromatic rings. The number of amides is 2. The zero-order chi connectivity index (χ0) is 23.8. The van der Waals surface area contributed by atoms with Gasteiger partial charge in [-0.2, -0.15) is 0 Å². The summed E-state index contributed by atoms with van der Waals surface area (Å²) in [4.78, 5) is 33.8. The summed E-state index contributed by atoms with van der Waals surface area (Å²) in [5.74, 6) is 0.319. The van der Waals surface area contributed by atoms with Gasteiger partial charge in [0.25, 0.3) is 0 Å². The number of nitrogens with one attached hydrogen (secondary N) is 1. The van der Waals surface area contributed by atoms with Gasteiger partial charge in [-0.05, 0) is 59.0 Å². The van der Waals surface area contributed by atoms with Crippen LogP contribution < -0.4 is 15.0 Å². The molecule has 0 bridgehead atoms. The third-order valence-corrected chi connectivity index (χ3v) is 6.24. The lowest BCUT2D eigenvalue weighted by Gasteiger charge is -2.31. The highest BCUT2D eigenvalue weighted by atomic mass is 32.1. The molecule has 0 aliphatic rings. The fourth-order valence-electron chi connectivity index (χ4n) is 3.67. The van der Waals surface area contributed by atoms with Crippen molar-refractivity contribution in [2.24, 2.45) is 0 Å². The molecule has 0 saturated heterocycles. The van der Waals surface area contributed by atoms with Crippen LogP contribution in [0.15, 0.2) is 96.6 Å². The Hall–Kier alpha value is -3.97. The predicted octanol–water partition coefficient (Wildman–Crippen LogP) is 4.79. The molecule has 0 aliphatic carbocycles. The number of aromatic nitrogens is 1. The lowest BCUT2D eigenvalue weighted by Crippen LogP contribution is -2.44. The SMILES string of the molecule is COc1ccc(CNC(=O)[C@@H](c2ccncc2)N(C(=O)Cc2cccs2)c2ccccc2)cc1. The molecule has 0 spiro atoms. The summed E-state index contributed by atoms with van der Waals surface area (Å²) in [6, 6.07) is 23.3. The van der Waals surface area contributed by atoms with Gasteiger partial charge in [0.1, 0.15) is 11.8 Å². The number of benzene rings is 2. The second-order valence-corrected chi connectivity index (χ2v) is 8.64. The minimum absolute atomic E-state index is 0.157. The molecule has 4 rings (SSSR count). The molecule has 0 radical (unpaired) electrons. The van der Waals surface area contributed by atoms with Crippen molar-refractivity contribution >= 4 is 28.8 Å². The summed E-state index contributed by atoms with van der Waals surface area (Å²) in [5.41, 5.74) is 2.27. The standard InChI is InChI=1S/C27H25N3O3S/c1-33-23-11-9-20(10-12-23)19-29-27(32)26(21-13-15-28-16-14-21)30(22-6-3-2-4-7-22)25(31)18-24-8-5-17-34-24/h2-17,26H,18-19H2,1H3,(H,29,32)/t26-/m1/s1. The van der Waals surface area contributed by atoms with Crippen molar-refractivity contribution in [1.29, 1.82) is 0 Å². The van der Waals surface area contributed by atoms with Crippen LogP contribution in [0.3, 0.4) is 0 Å². The summed E-state index contributed by atoms with van der Waals surface area (Å²) < 4.78 is 5.20. The van der Waals surface area contributed by atoms with E-state index in [1.54, 1.807) is 36.5 Å². The van der Waals surface area contributed by atoms with Crippen LogP contribution in [0.25, 0.3) is 0 Å². The van der Waals surface area contributed by atoms with E-state index in [4.69, 9.17) is 4.74 Å². The summed E-state index contributed by atoms with van der Waals surface area (Å²) >= 11 is 1.52. The van der Waals surface area contributed by atoms with Crippen molar-refractivity contribution in [1.82, 2.24) is 10.3 Å². The minimum Gasteiger partial charge on any atom is -0.497 e. The molecule has 34 heavy (non-hydrogen) atoms. The Morgan fingerprint density at radius 2 is 1.71 bits per heavy atom. The number of pyridine rings is 1. The molecular formula is C27H25N3O3S. The number of ether oxygens (including phenoxy) is 1. The van der Waals surface area contributed by atoms with E-state index in [1.807, 2.05) is 72.1 Å². The minimum atomic E-state index is -0.851. The number of carbonyl (C=O) groups excluding carboxylic acids is 2. The van der Waals surface area contributed by atoms with Gasteiger partial charge in [0, 0.05) is 29.5 Å². The summed E-state index contributed by atoms with van der Waals surface area (Å²) in [6.45, 7) is 0.326. The first kappa shape index (κ1) is 23.2. The molecule has 172 valence electrons. The van der Waals surface area contributed by atoms with Gasteiger partial charge in [0.2, 0.25) is 11.8 Å². The average Bonchev–Trinajstić information content (AvgIpc) is 3.40. The molecule has 2 aromatic heterocycles. The number of para-hydroxylation sites is 1. The molecule has 6 nitrogen and oxygen atoms in total. The Kier molecular flexibility index (Phi) is 7.67. The van der Waals surface area contributed by atoms with Crippen LogP contribution in [0.4, 0.5) is 5.69 Å². The van der Waals surface area contributed by atoms with E-state index in [0.29, 0.717) is 17.8 Å². The lowest BCUT2D eigenvalue weighted by molar-refractivity contribution is -0.126. The van der Waals surface area contributed by atoms with Gasteiger partial charge in [-0.25, -0.2) is 0 Å². The Balaban J connectivity index is 1.65. The van der Waals surface area contributed by atoms with Gasteiger partial charge in [-0.15, -0.1) is 11.3 Å². The molecule has 1 N–H and O–H groups in total. The van der Waals surface area contributed by atoms with Crippen molar-refractivity contribution in [3.8, 4) is 5.75 Å². The first-order chi connectivity index (χ1) is 16.7. The molecule has 0 fully saturated rings. The summed E-state index contributed by atoms with van der Waals surface area (Å²) in [7, 11) is 1.61. The Morgan fingerprint density at radius 3 is 2.35 bits per heavy atom. The van der Waals surface area contributed by atoms with Crippen LogP contribution in [-0.2, 0) is 22.6 Å². The molecule has 2 amide bonds. The van der Waals surface area contributed by atoms with E-state index in [2.05, 4.69) is 10.3 Å². The van der Waals surface area contributed by atoms with Gasteiger partial charge in [-0.3, -0.25) is 19.5 Å². The number of rotatable bonds is 9. The molecule has 1 atom stereocenters. The number of thiophene rings is 1. The molecule has 0 aliphatic heterocycles. The molecular weight excluding hydrogens is 446 g/mol. The second-order valence-electron chi connectivity index (χ2n) is 7.60. The molecule has 7 heteroatoms. The highest BCUT2D eigenvalue weighted by molar-refractivity contribution is 7.10. The number of anilines is 1. The zero-order valence-corrected chi connectivity index (χ0v) is 19.6. The number of carbonyl (C=O) groups is 2. The van der Waals surface area contributed by atoms with Crippen molar-refractivity contribution in [3.05, 3.63) is 113 Å². The Bertz CT molecular complexity index is 1200. The average molecular weight is 472 g/mol. The van der Waals surface area contributed by atoms with E-state index in [1.165, 1.54) is 11.3 Å². The number of nitrogens with zero attached hydrogens (tertiary/aromatic N) is 2. The smallest absolute Gasteiger partial charge is 0.248 e. The van der Waals surface area contributed by atoms with Crippen molar-refractivity contribution < 1.29 is 14.3 Å². The van der Waals surface area contributed by atoms with E-state index in [-0.39, 0.29) is 18.2 Å². The van der Waals surface area contributed by atoms with E-state index in [9.17, 15) is 9.59 Å². The maximum Gasteiger partial charge on any atom is 0.248 e. The molecule has 0 unspecified atom stereocenters. The van der Waals surface area contributed by atoms with Gasteiger partial charge >= 0.3 is 0 Å². The maximum absolute atomic E-state index is 13.6. The lowest BCUT2D eigenvalue weighted by atomic mass is 10.0. The van der Waals surface area contributed by atoms with Crippen molar-refractivity contribution in [2.75, 3.05) is 12.0 Å². The Labute approximate surface area is 202 Å². The Morgan fingerprint density at radius 1 is 0.971 bits per heavy atom. The first-order valence-corrected chi connectivity index (χ1v) is 11.7. The third kappa shape index (κ3) is 5.68. The predicted molar refractivity (Wildman–Crippen MR) is 134 cm³/mol. The van der Waals surface area contributed by atoms with Crippen molar-refractivity contribution in [3.63, 3.8) is 0 Å². The van der Waals surface area contributed by atoms with Gasteiger partial charge in [-0.1, -0.05) is 36.4 Å². The van der Waals surface area contributed by atoms with E-state index >= 15 is 0 Å². The highest BCUT2D eigenvalue weighted by Crippen LogP contribution is 2.29. The maximum atomic E-state index is 13.6. The van der Waals surface area contributed by atoms with Gasteiger partial charge in [0.15, 0.2) is 0 Å². The van der Waals surface area contributed by atoms with Crippen molar-refractivity contribution in [2.45, 2.75) is 19.0 Å². The number of methoxy groups -OCH3 is 1. The largest absolute Gasteiger partial charge is 0.497 e. The van der Waals surface area contributed by atoms with E-state index < -0.39 is 6.04 Å². The van der Waals surface area contributed by atoms with Crippen LogP contribution in [0, 0.1) is 0 Å². The number of hydrogen-bond acceptors (Lipinski definition) is 5. The van der Waals surface area contributed by atoms with Gasteiger partial charge in [0.05, 0.1) is 13.5 Å². The van der Waals surface area contributed by atoms with E-state index in [0.717, 1.165) is 16.2 Å². The van der Waals surface area contributed by atoms with Crippen LogP contribution in [0.2, 0.25) is 0 Å². The molecule has 2 aromatic carbocycles. The number of hydrogen-bond donors (Lipinski definition) is 1. The first-order valence-electron chi connectivity index (χ1n) is 10.9. The highest BCUT2D eigenvalue weighted by Gasteiger charge is 2.32.